The Bertz CT molecular complexity index is 641. The summed E-state index contributed by atoms with van der Waals surface area (Å²) in [5, 5.41) is 0. The zero-order chi connectivity index (χ0) is 14.0. The zero-order valence-electron chi connectivity index (χ0n) is 9.91. The molecule has 2 aromatic carbocycles. The van der Waals surface area contributed by atoms with E-state index in [9.17, 15) is 9.18 Å². The van der Waals surface area contributed by atoms with Crippen molar-refractivity contribution in [2.45, 2.75) is 6.92 Å². The Balaban J connectivity index is 2.46. The molecule has 0 saturated heterocycles. The SMILES string of the molecule is CC(=O)c1cccc(F)c1Oc1ccc(Br)cc1Br. The summed E-state index contributed by atoms with van der Waals surface area (Å²) in [6.07, 6.45) is 0. The summed E-state index contributed by atoms with van der Waals surface area (Å²) in [6.45, 7) is 1.37. The third-order valence-corrected chi connectivity index (χ3v) is 3.57. The van der Waals surface area contributed by atoms with E-state index in [4.69, 9.17) is 4.74 Å². The van der Waals surface area contributed by atoms with Gasteiger partial charge in [0.25, 0.3) is 0 Å². The first-order chi connectivity index (χ1) is 8.99. The predicted octanol–water partition coefficient (Wildman–Crippen LogP) is 5.35. The van der Waals surface area contributed by atoms with Crippen molar-refractivity contribution in [3.63, 3.8) is 0 Å². The lowest BCUT2D eigenvalue weighted by Gasteiger charge is -2.11. The first-order valence-electron chi connectivity index (χ1n) is 5.41. The molecular formula is C14H9Br2FO2. The molecule has 0 atom stereocenters. The van der Waals surface area contributed by atoms with E-state index >= 15 is 0 Å². The average Bonchev–Trinajstić information content (AvgIpc) is 2.34. The van der Waals surface area contributed by atoms with E-state index < -0.39 is 5.82 Å². The van der Waals surface area contributed by atoms with Crippen LogP contribution in [0.25, 0.3) is 0 Å². The van der Waals surface area contributed by atoms with Gasteiger partial charge in [-0.05, 0) is 53.2 Å². The molecule has 0 fully saturated rings. The van der Waals surface area contributed by atoms with Gasteiger partial charge in [0.15, 0.2) is 17.3 Å². The monoisotopic (exact) mass is 386 g/mol. The molecule has 0 unspecified atom stereocenters. The molecular weight excluding hydrogens is 379 g/mol. The van der Waals surface area contributed by atoms with E-state index in [1.54, 1.807) is 18.2 Å². The van der Waals surface area contributed by atoms with Crippen molar-refractivity contribution in [1.29, 1.82) is 0 Å². The van der Waals surface area contributed by atoms with Gasteiger partial charge in [0, 0.05) is 4.47 Å². The molecule has 2 rings (SSSR count). The van der Waals surface area contributed by atoms with Gasteiger partial charge in [-0.25, -0.2) is 4.39 Å². The van der Waals surface area contributed by atoms with Crippen molar-refractivity contribution < 1.29 is 13.9 Å². The van der Waals surface area contributed by atoms with Gasteiger partial charge >= 0.3 is 0 Å². The fourth-order valence-electron chi connectivity index (χ4n) is 1.56. The first-order valence-corrected chi connectivity index (χ1v) is 7.00. The highest BCUT2D eigenvalue weighted by molar-refractivity contribution is 9.11. The van der Waals surface area contributed by atoms with Crippen molar-refractivity contribution in [3.05, 3.63) is 56.7 Å². The Morgan fingerprint density at radius 1 is 1.21 bits per heavy atom. The maximum Gasteiger partial charge on any atom is 0.173 e. The van der Waals surface area contributed by atoms with E-state index in [2.05, 4.69) is 31.9 Å². The Morgan fingerprint density at radius 2 is 1.95 bits per heavy atom. The zero-order valence-corrected chi connectivity index (χ0v) is 13.1. The lowest BCUT2D eigenvalue weighted by molar-refractivity contribution is 0.101. The fraction of sp³-hybridized carbons (Fsp3) is 0.0714. The number of para-hydroxylation sites is 1. The molecule has 2 aromatic rings. The number of Topliss-reactive ketones (excluding diaryl/α,β-unsaturated/α-hetero) is 1. The standard InChI is InChI=1S/C14H9Br2FO2/c1-8(18)10-3-2-4-12(17)14(10)19-13-6-5-9(15)7-11(13)16/h2-7H,1H3. The van der Waals surface area contributed by atoms with E-state index in [-0.39, 0.29) is 17.1 Å². The topological polar surface area (TPSA) is 26.3 Å². The van der Waals surface area contributed by atoms with Gasteiger partial charge in [-0.2, -0.15) is 0 Å². The second kappa shape index (κ2) is 5.84. The third kappa shape index (κ3) is 3.22. The van der Waals surface area contributed by atoms with Crippen LogP contribution in [0.15, 0.2) is 45.3 Å². The van der Waals surface area contributed by atoms with Crippen molar-refractivity contribution in [3.8, 4) is 11.5 Å². The minimum atomic E-state index is -0.567. The van der Waals surface area contributed by atoms with Gasteiger partial charge in [-0.3, -0.25) is 4.79 Å². The van der Waals surface area contributed by atoms with Crippen LogP contribution in [0.3, 0.4) is 0 Å². The smallest absolute Gasteiger partial charge is 0.173 e. The second-order valence-corrected chi connectivity index (χ2v) is 5.62. The summed E-state index contributed by atoms with van der Waals surface area (Å²) in [4.78, 5) is 11.5. The number of carbonyl (C=O) groups excluding carboxylic acids is 1. The van der Waals surface area contributed by atoms with Crippen LogP contribution in [-0.2, 0) is 0 Å². The minimum Gasteiger partial charge on any atom is -0.452 e. The Kier molecular flexibility index (Phi) is 4.37. The van der Waals surface area contributed by atoms with E-state index in [1.807, 2.05) is 0 Å². The number of ketones is 1. The lowest BCUT2D eigenvalue weighted by atomic mass is 10.1. The van der Waals surface area contributed by atoms with Gasteiger partial charge in [-0.15, -0.1) is 0 Å². The molecule has 98 valence electrons. The first kappa shape index (κ1) is 14.2. The molecule has 0 N–H and O–H groups in total. The second-order valence-electron chi connectivity index (χ2n) is 3.85. The number of ether oxygens (including phenoxy) is 1. The van der Waals surface area contributed by atoms with Crippen molar-refractivity contribution in [2.75, 3.05) is 0 Å². The Labute approximate surface area is 126 Å². The summed E-state index contributed by atoms with van der Waals surface area (Å²) in [7, 11) is 0. The molecule has 0 aliphatic rings. The Morgan fingerprint density at radius 3 is 2.58 bits per heavy atom. The highest BCUT2D eigenvalue weighted by atomic mass is 79.9. The van der Waals surface area contributed by atoms with E-state index in [0.29, 0.717) is 10.2 Å². The van der Waals surface area contributed by atoms with Crippen LogP contribution in [0.2, 0.25) is 0 Å². The molecule has 0 bridgehead atoms. The van der Waals surface area contributed by atoms with Gasteiger partial charge in [-0.1, -0.05) is 22.0 Å². The quantitative estimate of drug-likeness (QED) is 0.664. The van der Waals surface area contributed by atoms with Gasteiger partial charge in [0.1, 0.15) is 5.75 Å². The molecule has 0 aliphatic carbocycles. The lowest BCUT2D eigenvalue weighted by Crippen LogP contribution is -1.99. The van der Waals surface area contributed by atoms with Gasteiger partial charge in [0.2, 0.25) is 0 Å². The van der Waals surface area contributed by atoms with Crippen molar-refractivity contribution >= 4 is 37.6 Å². The van der Waals surface area contributed by atoms with Crippen LogP contribution in [0.4, 0.5) is 4.39 Å². The van der Waals surface area contributed by atoms with E-state index in [0.717, 1.165) is 4.47 Å². The Hall–Kier alpha value is -1.20. The number of hydrogen-bond acceptors (Lipinski definition) is 2. The summed E-state index contributed by atoms with van der Waals surface area (Å²) < 4.78 is 20.9. The van der Waals surface area contributed by atoms with Crippen molar-refractivity contribution in [2.24, 2.45) is 0 Å². The van der Waals surface area contributed by atoms with Crippen LogP contribution in [0.5, 0.6) is 11.5 Å². The van der Waals surface area contributed by atoms with Gasteiger partial charge in [0.05, 0.1) is 10.0 Å². The molecule has 2 nitrogen and oxygen atoms in total. The molecule has 0 aliphatic heterocycles. The van der Waals surface area contributed by atoms with Crippen molar-refractivity contribution in [1.82, 2.24) is 0 Å². The summed E-state index contributed by atoms with van der Waals surface area (Å²) in [6, 6.07) is 9.51. The number of carbonyl (C=O) groups is 1. The average molecular weight is 388 g/mol. The minimum absolute atomic E-state index is 0.0574. The molecule has 0 radical (unpaired) electrons. The molecule has 5 heteroatoms. The maximum absolute atomic E-state index is 13.8. The van der Waals surface area contributed by atoms with Crippen LogP contribution >= 0.6 is 31.9 Å². The van der Waals surface area contributed by atoms with Crippen LogP contribution in [0, 0.1) is 5.82 Å². The molecule has 0 amide bonds. The molecule has 0 heterocycles. The largest absolute Gasteiger partial charge is 0.452 e. The number of rotatable bonds is 3. The molecule has 19 heavy (non-hydrogen) atoms. The summed E-state index contributed by atoms with van der Waals surface area (Å²) in [5.41, 5.74) is 0.217. The maximum atomic E-state index is 13.8. The highest BCUT2D eigenvalue weighted by Gasteiger charge is 2.15. The summed E-state index contributed by atoms with van der Waals surface area (Å²) >= 11 is 6.65. The van der Waals surface area contributed by atoms with Crippen LogP contribution in [-0.4, -0.2) is 5.78 Å². The van der Waals surface area contributed by atoms with Crippen LogP contribution in [0.1, 0.15) is 17.3 Å². The number of benzene rings is 2. The number of hydrogen-bond donors (Lipinski definition) is 0. The number of halogens is 3. The normalized spacial score (nSPS) is 10.3. The van der Waals surface area contributed by atoms with Gasteiger partial charge < -0.3 is 4.74 Å². The molecule has 0 spiro atoms. The van der Waals surface area contributed by atoms with E-state index in [1.165, 1.54) is 25.1 Å². The molecule has 0 aromatic heterocycles. The predicted molar refractivity (Wildman–Crippen MR) is 78.3 cm³/mol. The molecule has 0 saturated carbocycles. The summed E-state index contributed by atoms with van der Waals surface area (Å²) in [5.74, 6) is -0.431. The third-order valence-electron chi connectivity index (χ3n) is 2.45. The highest BCUT2D eigenvalue weighted by Crippen LogP contribution is 2.34. The fourth-order valence-corrected chi connectivity index (χ4v) is 2.69. The van der Waals surface area contributed by atoms with Crippen LogP contribution < -0.4 is 4.74 Å².